The fourth-order valence-electron chi connectivity index (χ4n) is 3.04. The van der Waals surface area contributed by atoms with E-state index in [-0.39, 0.29) is 24.0 Å². The van der Waals surface area contributed by atoms with Gasteiger partial charge in [0.25, 0.3) is 0 Å². The maximum absolute atomic E-state index is 10.2. The molecule has 1 saturated carbocycles. The second-order valence-corrected chi connectivity index (χ2v) is 6.16. The van der Waals surface area contributed by atoms with Gasteiger partial charge in [0.2, 0.25) is 0 Å². The molecule has 3 N–H and O–H groups in total. The van der Waals surface area contributed by atoms with E-state index in [1.807, 2.05) is 6.07 Å². The number of nitrogens with zero attached hydrogens (tertiary/aromatic N) is 1. The van der Waals surface area contributed by atoms with Crippen LogP contribution in [0.1, 0.15) is 42.4 Å². The maximum atomic E-state index is 10.2. The summed E-state index contributed by atoms with van der Waals surface area (Å²) in [6.45, 7) is 1.64. The molecule has 3 rings (SSSR count). The first-order valence-corrected chi connectivity index (χ1v) is 8.05. The SMILES string of the molecule is CN=C(NCc1c(O)ccc2c1CCCC2)NCC1CC1.I. The number of hydrogen-bond acceptors (Lipinski definition) is 2. The lowest BCUT2D eigenvalue weighted by molar-refractivity contribution is 0.464. The number of hydrogen-bond donors (Lipinski definition) is 3. The molecule has 2 aliphatic rings. The van der Waals surface area contributed by atoms with Gasteiger partial charge in [-0.15, -0.1) is 24.0 Å². The molecule has 122 valence electrons. The topological polar surface area (TPSA) is 56.7 Å². The van der Waals surface area contributed by atoms with Crippen molar-refractivity contribution in [2.75, 3.05) is 13.6 Å². The second-order valence-electron chi connectivity index (χ2n) is 6.16. The van der Waals surface area contributed by atoms with Gasteiger partial charge in [-0.25, -0.2) is 0 Å². The van der Waals surface area contributed by atoms with E-state index in [0.717, 1.165) is 36.8 Å². The lowest BCUT2D eigenvalue weighted by Gasteiger charge is -2.21. The van der Waals surface area contributed by atoms with Crippen LogP contribution in [0.2, 0.25) is 0 Å². The van der Waals surface area contributed by atoms with Gasteiger partial charge in [0.05, 0.1) is 0 Å². The highest BCUT2D eigenvalue weighted by Crippen LogP contribution is 2.30. The lowest BCUT2D eigenvalue weighted by atomic mass is 9.88. The Bertz CT molecular complexity index is 541. The number of fused-ring (bicyclic) bond motifs is 1. The van der Waals surface area contributed by atoms with E-state index in [4.69, 9.17) is 0 Å². The van der Waals surface area contributed by atoms with Crippen LogP contribution in [0.5, 0.6) is 5.75 Å². The standard InChI is InChI=1S/C17H25N3O.HI/c1-18-17(19-10-12-6-7-12)20-11-15-14-5-3-2-4-13(14)8-9-16(15)21;/h8-9,12,21H,2-7,10-11H2,1H3,(H2,18,19,20);1H. The van der Waals surface area contributed by atoms with E-state index in [1.54, 1.807) is 7.05 Å². The van der Waals surface area contributed by atoms with Crippen LogP contribution in [0.4, 0.5) is 0 Å². The predicted octanol–water partition coefficient (Wildman–Crippen LogP) is 2.96. The van der Waals surface area contributed by atoms with Crippen LogP contribution in [-0.2, 0) is 19.4 Å². The molecule has 4 nitrogen and oxygen atoms in total. The molecule has 0 radical (unpaired) electrons. The molecule has 0 spiro atoms. The predicted molar refractivity (Wildman–Crippen MR) is 101 cm³/mol. The minimum absolute atomic E-state index is 0. The number of phenols is 1. The summed E-state index contributed by atoms with van der Waals surface area (Å²) in [7, 11) is 1.79. The summed E-state index contributed by atoms with van der Waals surface area (Å²) in [6, 6.07) is 3.91. The van der Waals surface area contributed by atoms with Gasteiger partial charge in [0.15, 0.2) is 5.96 Å². The third-order valence-corrected chi connectivity index (χ3v) is 4.54. The summed E-state index contributed by atoms with van der Waals surface area (Å²) in [5.74, 6) is 2.05. The Balaban J connectivity index is 0.00000176. The molecule has 0 unspecified atom stereocenters. The van der Waals surface area contributed by atoms with Gasteiger partial charge in [-0.05, 0) is 61.6 Å². The van der Waals surface area contributed by atoms with Crippen molar-refractivity contribution in [2.45, 2.75) is 45.1 Å². The van der Waals surface area contributed by atoms with Gasteiger partial charge in [0.1, 0.15) is 5.75 Å². The number of aromatic hydroxyl groups is 1. The fraction of sp³-hybridized carbons (Fsp3) is 0.588. The first kappa shape index (κ1) is 17.4. The number of aliphatic imine (C=N–C) groups is 1. The van der Waals surface area contributed by atoms with Gasteiger partial charge in [-0.2, -0.15) is 0 Å². The zero-order valence-corrected chi connectivity index (χ0v) is 15.5. The lowest BCUT2D eigenvalue weighted by Crippen LogP contribution is -2.38. The number of guanidine groups is 1. The molecule has 0 saturated heterocycles. The minimum atomic E-state index is 0. The van der Waals surface area contributed by atoms with Crippen LogP contribution in [0.15, 0.2) is 17.1 Å². The first-order chi connectivity index (χ1) is 10.3. The van der Waals surface area contributed by atoms with Crippen molar-refractivity contribution >= 4 is 29.9 Å². The molecule has 0 atom stereocenters. The van der Waals surface area contributed by atoms with Crippen LogP contribution in [-0.4, -0.2) is 24.7 Å². The molecule has 5 heteroatoms. The highest BCUT2D eigenvalue weighted by Gasteiger charge is 2.21. The van der Waals surface area contributed by atoms with Gasteiger partial charge in [-0.1, -0.05) is 6.07 Å². The number of phenolic OH excluding ortho intramolecular Hbond substituents is 1. The summed E-state index contributed by atoms with van der Waals surface area (Å²) in [6.07, 6.45) is 7.35. The Morgan fingerprint density at radius 3 is 2.73 bits per heavy atom. The number of benzene rings is 1. The molecule has 0 aromatic heterocycles. The molecule has 0 amide bonds. The van der Waals surface area contributed by atoms with Gasteiger partial charge in [0, 0.05) is 25.7 Å². The van der Waals surface area contributed by atoms with Crippen LogP contribution in [0.25, 0.3) is 0 Å². The summed E-state index contributed by atoms with van der Waals surface area (Å²) in [5, 5.41) is 16.9. The molecule has 2 aliphatic carbocycles. The van der Waals surface area contributed by atoms with Gasteiger partial charge in [-0.3, -0.25) is 4.99 Å². The monoisotopic (exact) mass is 415 g/mol. The molecular weight excluding hydrogens is 389 g/mol. The van der Waals surface area contributed by atoms with Crippen LogP contribution in [0, 0.1) is 5.92 Å². The fourth-order valence-corrected chi connectivity index (χ4v) is 3.04. The highest BCUT2D eigenvalue weighted by molar-refractivity contribution is 14.0. The average molecular weight is 415 g/mol. The smallest absolute Gasteiger partial charge is 0.191 e. The van der Waals surface area contributed by atoms with E-state index in [1.165, 1.54) is 36.8 Å². The molecule has 0 heterocycles. The summed E-state index contributed by atoms with van der Waals surface area (Å²) >= 11 is 0. The molecule has 1 aromatic carbocycles. The minimum Gasteiger partial charge on any atom is -0.508 e. The van der Waals surface area contributed by atoms with Crippen LogP contribution in [0.3, 0.4) is 0 Å². The Morgan fingerprint density at radius 1 is 1.23 bits per heavy atom. The van der Waals surface area contributed by atoms with Crippen molar-refractivity contribution in [1.82, 2.24) is 10.6 Å². The molecule has 0 bridgehead atoms. The number of nitrogens with one attached hydrogen (secondary N) is 2. The molecule has 1 aromatic rings. The maximum Gasteiger partial charge on any atom is 0.191 e. The largest absolute Gasteiger partial charge is 0.508 e. The third kappa shape index (κ3) is 4.27. The summed E-state index contributed by atoms with van der Waals surface area (Å²) < 4.78 is 0. The highest BCUT2D eigenvalue weighted by atomic mass is 127. The number of aryl methyl sites for hydroxylation is 1. The quantitative estimate of drug-likeness (QED) is 0.403. The van der Waals surface area contributed by atoms with Crippen LogP contribution >= 0.6 is 24.0 Å². The molecule has 22 heavy (non-hydrogen) atoms. The van der Waals surface area contributed by atoms with Crippen molar-refractivity contribution in [3.05, 3.63) is 28.8 Å². The molecule has 1 fully saturated rings. The van der Waals surface area contributed by atoms with Crippen molar-refractivity contribution in [3.8, 4) is 5.75 Å². The number of halogens is 1. The normalized spacial score (nSPS) is 17.4. The van der Waals surface area contributed by atoms with E-state index < -0.39 is 0 Å². The molecular formula is C17H26IN3O. The van der Waals surface area contributed by atoms with Crippen molar-refractivity contribution in [3.63, 3.8) is 0 Å². The Hall–Kier alpha value is -0.980. The molecule has 0 aliphatic heterocycles. The number of rotatable bonds is 4. The van der Waals surface area contributed by atoms with E-state index in [9.17, 15) is 5.11 Å². The van der Waals surface area contributed by atoms with Crippen molar-refractivity contribution in [1.29, 1.82) is 0 Å². The Labute approximate surface area is 149 Å². The van der Waals surface area contributed by atoms with Gasteiger partial charge < -0.3 is 15.7 Å². The van der Waals surface area contributed by atoms with E-state index in [2.05, 4.69) is 21.7 Å². The van der Waals surface area contributed by atoms with E-state index >= 15 is 0 Å². The van der Waals surface area contributed by atoms with Gasteiger partial charge >= 0.3 is 0 Å². The van der Waals surface area contributed by atoms with E-state index in [0.29, 0.717) is 12.3 Å². The third-order valence-electron chi connectivity index (χ3n) is 4.54. The summed E-state index contributed by atoms with van der Waals surface area (Å²) in [4.78, 5) is 4.26. The Kier molecular flexibility index (Phi) is 6.35. The van der Waals surface area contributed by atoms with Crippen molar-refractivity contribution < 1.29 is 5.11 Å². The Morgan fingerprint density at radius 2 is 2.00 bits per heavy atom. The zero-order chi connectivity index (χ0) is 14.7. The first-order valence-electron chi connectivity index (χ1n) is 8.05. The zero-order valence-electron chi connectivity index (χ0n) is 13.2. The second kappa shape index (κ2) is 8.04. The summed E-state index contributed by atoms with van der Waals surface area (Å²) in [5.41, 5.74) is 3.78. The van der Waals surface area contributed by atoms with Crippen LogP contribution < -0.4 is 10.6 Å². The average Bonchev–Trinajstić information content (AvgIpc) is 3.33. The van der Waals surface area contributed by atoms with Crippen molar-refractivity contribution in [2.24, 2.45) is 10.9 Å².